The molecule has 1 radical (unpaired) electrons. The van der Waals surface area contributed by atoms with Crippen molar-refractivity contribution in [3.8, 4) is 0 Å². The third-order valence-corrected chi connectivity index (χ3v) is 0.472. The zero-order valence-corrected chi connectivity index (χ0v) is 3.42. The smallest absolute Gasteiger partial charge is 0.313 e. The Kier molecular flexibility index (Phi) is 0.898. The van der Waals surface area contributed by atoms with Crippen molar-refractivity contribution in [1.29, 1.82) is 0 Å². The van der Waals surface area contributed by atoms with Gasteiger partial charge in [-0.05, 0) is 6.07 Å². The maximum Gasteiger partial charge on any atom is 0.366 e. The topological polar surface area (TPSA) is 43.1 Å². The fourth-order valence-corrected chi connectivity index (χ4v) is 0.240. The van der Waals surface area contributed by atoms with Crippen LogP contribution in [0.3, 0.4) is 0 Å². The van der Waals surface area contributed by atoms with Crippen LogP contribution < -0.4 is 5.63 Å². The van der Waals surface area contributed by atoms with Gasteiger partial charge in [-0.15, -0.1) is 0 Å². The molecule has 3 nitrogen and oxygen atoms in total. The molecule has 0 fully saturated rings. The monoisotopic (exact) mass is 96.0 g/mol. The number of aromatic nitrogens is 1. The van der Waals surface area contributed by atoms with E-state index < -0.39 is 5.63 Å². The second-order valence-electron chi connectivity index (χ2n) is 0.944. The number of rotatable bonds is 0. The van der Waals surface area contributed by atoms with E-state index in [0.29, 0.717) is 0 Å². The zero-order valence-electron chi connectivity index (χ0n) is 3.42. The predicted octanol–water partition coefficient (Wildman–Crippen LogP) is -0.165. The van der Waals surface area contributed by atoms with E-state index in [1.165, 1.54) is 12.3 Å². The minimum Gasteiger partial charge on any atom is -0.313 e. The molecule has 0 saturated heterocycles. The summed E-state index contributed by atoms with van der Waals surface area (Å²) in [5, 5.41) is 3.17. The van der Waals surface area contributed by atoms with Crippen LogP contribution in [0.15, 0.2) is 21.6 Å². The van der Waals surface area contributed by atoms with Gasteiger partial charge in [0.15, 0.2) is 0 Å². The third-order valence-electron chi connectivity index (χ3n) is 0.472. The number of nitrogens with zero attached hydrogens (tertiary/aromatic N) is 1. The summed E-state index contributed by atoms with van der Waals surface area (Å²) < 4.78 is 4.07. The number of hydrogen-bond donors (Lipinski definition) is 0. The Hall–Kier alpha value is -1.12. The van der Waals surface area contributed by atoms with Gasteiger partial charge in [-0.3, -0.25) is 0 Å². The van der Waals surface area contributed by atoms with Crippen molar-refractivity contribution < 1.29 is 4.52 Å². The van der Waals surface area contributed by atoms with Crippen LogP contribution in [-0.4, -0.2) is 5.16 Å². The fourth-order valence-electron chi connectivity index (χ4n) is 0.240. The molecule has 0 saturated carbocycles. The lowest BCUT2D eigenvalue weighted by atomic mass is 10.6. The molecule has 7 heavy (non-hydrogen) atoms. The second-order valence-corrected chi connectivity index (χ2v) is 0.944. The SMILES string of the molecule is O=c1[c]ccno1. The molecule has 0 N–H and O–H groups in total. The molecule has 0 amide bonds. The Balaban J connectivity index is 3.28. The Morgan fingerprint density at radius 2 is 2.71 bits per heavy atom. The highest BCUT2D eigenvalue weighted by atomic mass is 16.5. The molecule has 0 bridgehead atoms. The van der Waals surface area contributed by atoms with Crippen LogP contribution in [0.5, 0.6) is 0 Å². The number of hydrogen-bond acceptors (Lipinski definition) is 3. The van der Waals surface area contributed by atoms with Gasteiger partial charge in [0.1, 0.15) is 0 Å². The minimum atomic E-state index is -0.539. The molecular weight excluding hydrogens is 94.0 g/mol. The van der Waals surface area contributed by atoms with Crippen molar-refractivity contribution in [2.75, 3.05) is 0 Å². The first-order chi connectivity index (χ1) is 3.39. The lowest BCUT2D eigenvalue weighted by Gasteiger charge is -1.69. The molecule has 0 unspecified atom stereocenters. The van der Waals surface area contributed by atoms with Crippen LogP contribution in [0.1, 0.15) is 0 Å². The Bertz CT molecular complexity index is 175. The summed E-state index contributed by atoms with van der Waals surface area (Å²) in [6.45, 7) is 0. The van der Waals surface area contributed by atoms with Gasteiger partial charge < -0.3 is 4.52 Å². The largest absolute Gasteiger partial charge is 0.366 e. The van der Waals surface area contributed by atoms with E-state index in [0.717, 1.165) is 0 Å². The van der Waals surface area contributed by atoms with E-state index in [9.17, 15) is 4.79 Å². The van der Waals surface area contributed by atoms with Crippen molar-refractivity contribution in [2.24, 2.45) is 0 Å². The van der Waals surface area contributed by atoms with E-state index in [2.05, 4.69) is 15.7 Å². The lowest BCUT2D eigenvalue weighted by molar-refractivity contribution is 0.368. The van der Waals surface area contributed by atoms with Crippen LogP contribution in [0.2, 0.25) is 0 Å². The van der Waals surface area contributed by atoms with Gasteiger partial charge in [-0.25, -0.2) is 4.79 Å². The molecule has 0 spiro atoms. The highest BCUT2D eigenvalue weighted by Crippen LogP contribution is 1.63. The molecule has 0 aromatic carbocycles. The van der Waals surface area contributed by atoms with Crippen LogP contribution in [0.4, 0.5) is 0 Å². The van der Waals surface area contributed by atoms with Crippen LogP contribution >= 0.6 is 0 Å². The van der Waals surface area contributed by atoms with E-state index in [-0.39, 0.29) is 0 Å². The molecule has 35 valence electrons. The zero-order chi connectivity index (χ0) is 5.11. The normalized spacial score (nSPS) is 8.57. The molecular formula is C4H2NO2. The highest BCUT2D eigenvalue weighted by molar-refractivity contribution is 4.75. The van der Waals surface area contributed by atoms with Gasteiger partial charge in [0, 0.05) is 0 Å². The fraction of sp³-hybridized carbons (Fsp3) is 0. The van der Waals surface area contributed by atoms with Crippen LogP contribution in [0.25, 0.3) is 0 Å². The first-order valence-electron chi connectivity index (χ1n) is 1.72. The average Bonchev–Trinajstić information content (AvgIpc) is 1.69. The molecule has 0 aliphatic heterocycles. The Morgan fingerprint density at radius 3 is 3.00 bits per heavy atom. The molecule has 0 atom stereocenters. The maximum absolute atomic E-state index is 9.98. The summed E-state index contributed by atoms with van der Waals surface area (Å²) in [5.74, 6) is 0. The van der Waals surface area contributed by atoms with Gasteiger partial charge in [0.25, 0.3) is 0 Å². The quantitative estimate of drug-likeness (QED) is 0.450. The van der Waals surface area contributed by atoms with Gasteiger partial charge in [0.05, 0.1) is 12.3 Å². The van der Waals surface area contributed by atoms with Gasteiger partial charge in [-0.2, -0.15) is 0 Å². The van der Waals surface area contributed by atoms with Gasteiger partial charge in [0.2, 0.25) is 0 Å². The summed E-state index contributed by atoms with van der Waals surface area (Å²) in [4.78, 5) is 9.98. The first kappa shape index (κ1) is 4.05. The van der Waals surface area contributed by atoms with Crippen molar-refractivity contribution in [2.45, 2.75) is 0 Å². The summed E-state index contributed by atoms with van der Waals surface area (Å²) in [6.07, 6.45) is 1.35. The highest BCUT2D eigenvalue weighted by Gasteiger charge is 1.75. The standard InChI is InChI=1S/C4H2NO2/c6-4-2-1-3-5-7-4/h1,3H. The molecule has 1 heterocycles. The van der Waals surface area contributed by atoms with E-state index in [1.807, 2.05) is 0 Å². The van der Waals surface area contributed by atoms with E-state index in [4.69, 9.17) is 0 Å². The molecule has 0 aliphatic rings. The van der Waals surface area contributed by atoms with Crippen LogP contribution in [0, 0.1) is 6.07 Å². The third kappa shape index (κ3) is 0.855. The molecule has 0 aliphatic carbocycles. The van der Waals surface area contributed by atoms with Gasteiger partial charge in [-0.1, -0.05) is 5.16 Å². The maximum atomic E-state index is 9.98. The van der Waals surface area contributed by atoms with Crippen LogP contribution in [-0.2, 0) is 0 Å². The summed E-state index contributed by atoms with van der Waals surface area (Å²) in [6, 6.07) is 3.64. The van der Waals surface area contributed by atoms with Gasteiger partial charge >= 0.3 is 5.63 Å². The summed E-state index contributed by atoms with van der Waals surface area (Å²) in [5.41, 5.74) is -0.539. The van der Waals surface area contributed by atoms with Crippen molar-refractivity contribution in [3.05, 3.63) is 28.7 Å². The predicted molar refractivity (Wildman–Crippen MR) is 21.6 cm³/mol. The van der Waals surface area contributed by atoms with Crippen molar-refractivity contribution >= 4 is 0 Å². The summed E-state index contributed by atoms with van der Waals surface area (Å²) in [7, 11) is 0. The Labute approximate surface area is 39.6 Å². The lowest BCUT2D eigenvalue weighted by Crippen LogP contribution is -1.94. The molecule has 1 aromatic heterocycles. The van der Waals surface area contributed by atoms with Crippen molar-refractivity contribution in [1.82, 2.24) is 5.16 Å². The second kappa shape index (κ2) is 1.55. The molecule has 1 rings (SSSR count). The van der Waals surface area contributed by atoms with E-state index in [1.54, 1.807) is 0 Å². The molecule has 3 heteroatoms. The minimum absolute atomic E-state index is 0.539. The van der Waals surface area contributed by atoms with E-state index >= 15 is 0 Å². The van der Waals surface area contributed by atoms with Crippen molar-refractivity contribution in [3.63, 3.8) is 0 Å². The molecule has 1 aromatic rings. The average molecular weight is 96.1 g/mol. The first-order valence-corrected chi connectivity index (χ1v) is 1.72. The summed E-state index contributed by atoms with van der Waals surface area (Å²) >= 11 is 0. The Morgan fingerprint density at radius 1 is 1.86 bits per heavy atom.